The maximum absolute atomic E-state index is 11.8. The van der Waals surface area contributed by atoms with Gasteiger partial charge in [-0.15, -0.1) is 0 Å². The minimum atomic E-state index is 0.0789. The van der Waals surface area contributed by atoms with Crippen LogP contribution in [-0.2, 0) is 17.8 Å². The van der Waals surface area contributed by atoms with Crippen molar-refractivity contribution in [2.75, 3.05) is 32.5 Å². The van der Waals surface area contributed by atoms with Crippen molar-refractivity contribution in [3.63, 3.8) is 0 Å². The van der Waals surface area contributed by atoms with E-state index < -0.39 is 0 Å². The number of carbonyl (C=O) groups is 1. The number of aromatic nitrogens is 3. The molecule has 26 heavy (non-hydrogen) atoms. The van der Waals surface area contributed by atoms with Gasteiger partial charge in [-0.25, -0.2) is 9.97 Å². The van der Waals surface area contributed by atoms with Crippen molar-refractivity contribution in [2.24, 2.45) is 0 Å². The van der Waals surface area contributed by atoms with Gasteiger partial charge in [-0.1, -0.05) is 0 Å². The second-order valence-corrected chi connectivity index (χ2v) is 7.06. The summed E-state index contributed by atoms with van der Waals surface area (Å²) in [6, 6.07) is 4.06. The maximum atomic E-state index is 11.8. The van der Waals surface area contributed by atoms with E-state index in [1.54, 1.807) is 19.3 Å². The predicted molar refractivity (Wildman–Crippen MR) is 102 cm³/mol. The van der Waals surface area contributed by atoms with Crippen LogP contribution >= 0.6 is 0 Å². The zero-order chi connectivity index (χ0) is 18.7. The number of amides is 1. The molecule has 1 atom stereocenters. The Labute approximate surface area is 154 Å². The lowest BCUT2D eigenvalue weighted by molar-refractivity contribution is -0.129. The molecule has 0 saturated heterocycles. The molecule has 138 valence electrons. The standard InChI is InChI=1S/C19H26N6O/c1-13(11-24(3)4)21-19-16-7-10-25(14(2)26)12-17(16)22-18(23-19)15-5-8-20-9-6-15/h5-6,8-9,13H,7,10-12H2,1-4H3,(H,21,22,23)/t13-/m0/s1. The number of pyridine rings is 1. The van der Waals surface area contributed by atoms with E-state index in [0.29, 0.717) is 18.9 Å². The summed E-state index contributed by atoms with van der Waals surface area (Å²) < 4.78 is 0. The summed E-state index contributed by atoms with van der Waals surface area (Å²) in [6.45, 7) is 5.89. The normalized spacial score (nSPS) is 14.9. The van der Waals surface area contributed by atoms with E-state index in [0.717, 1.165) is 35.6 Å². The van der Waals surface area contributed by atoms with Gasteiger partial charge < -0.3 is 15.1 Å². The Morgan fingerprint density at radius 2 is 2.04 bits per heavy atom. The van der Waals surface area contributed by atoms with Gasteiger partial charge >= 0.3 is 0 Å². The Morgan fingerprint density at radius 3 is 2.69 bits per heavy atom. The van der Waals surface area contributed by atoms with Gasteiger partial charge in [0.05, 0.1) is 12.2 Å². The molecule has 3 heterocycles. The van der Waals surface area contributed by atoms with E-state index in [2.05, 4.69) is 36.2 Å². The summed E-state index contributed by atoms with van der Waals surface area (Å²) in [5, 5.41) is 3.54. The monoisotopic (exact) mass is 354 g/mol. The number of rotatable bonds is 5. The molecule has 1 N–H and O–H groups in total. The summed E-state index contributed by atoms with van der Waals surface area (Å²) >= 11 is 0. The molecule has 0 aliphatic carbocycles. The Morgan fingerprint density at radius 1 is 1.31 bits per heavy atom. The Hall–Kier alpha value is -2.54. The van der Waals surface area contributed by atoms with Crippen LogP contribution in [0.25, 0.3) is 11.4 Å². The van der Waals surface area contributed by atoms with Crippen molar-refractivity contribution in [1.29, 1.82) is 0 Å². The number of likely N-dealkylation sites (N-methyl/N-ethyl adjacent to an activating group) is 1. The van der Waals surface area contributed by atoms with Gasteiger partial charge in [-0.05, 0) is 39.6 Å². The molecule has 1 aliphatic heterocycles. The molecule has 0 spiro atoms. The van der Waals surface area contributed by atoms with Gasteiger partial charge in [0.1, 0.15) is 5.82 Å². The van der Waals surface area contributed by atoms with Gasteiger partial charge in [0, 0.05) is 49.6 Å². The van der Waals surface area contributed by atoms with Gasteiger partial charge in [-0.3, -0.25) is 9.78 Å². The molecule has 0 saturated carbocycles. The largest absolute Gasteiger partial charge is 0.366 e. The third-order valence-electron chi connectivity index (χ3n) is 4.47. The van der Waals surface area contributed by atoms with Crippen molar-refractivity contribution in [3.8, 4) is 11.4 Å². The second kappa shape index (κ2) is 7.78. The average Bonchev–Trinajstić information content (AvgIpc) is 2.61. The van der Waals surface area contributed by atoms with Crippen molar-refractivity contribution in [1.82, 2.24) is 24.8 Å². The fraction of sp³-hybridized carbons (Fsp3) is 0.474. The summed E-state index contributed by atoms with van der Waals surface area (Å²) in [4.78, 5) is 29.4. The second-order valence-electron chi connectivity index (χ2n) is 7.06. The first kappa shape index (κ1) is 18.3. The minimum Gasteiger partial charge on any atom is -0.366 e. The predicted octanol–water partition coefficient (Wildman–Crippen LogP) is 1.81. The average molecular weight is 354 g/mol. The molecule has 0 unspecified atom stereocenters. The third-order valence-corrected chi connectivity index (χ3v) is 4.47. The van der Waals surface area contributed by atoms with E-state index in [1.807, 2.05) is 17.0 Å². The Bertz CT molecular complexity index is 777. The molecular weight excluding hydrogens is 328 g/mol. The third kappa shape index (κ3) is 4.16. The van der Waals surface area contributed by atoms with E-state index in [-0.39, 0.29) is 11.9 Å². The number of nitrogens with zero attached hydrogens (tertiary/aromatic N) is 5. The molecule has 7 heteroatoms. The zero-order valence-corrected chi connectivity index (χ0v) is 15.9. The van der Waals surface area contributed by atoms with Gasteiger partial charge in [0.25, 0.3) is 0 Å². The van der Waals surface area contributed by atoms with Crippen LogP contribution < -0.4 is 5.32 Å². The lowest BCUT2D eigenvalue weighted by Gasteiger charge is -2.29. The van der Waals surface area contributed by atoms with Crippen LogP contribution in [0.15, 0.2) is 24.5 Å². The molecule has 1 amide bonds. The van der Waals surface area contributed by atoms with Crippen molar-refractivity contribution in [3.05, 3.63) is 35.8 Å². The number of anilines is 1. The Kier molecular flexibility index (Phi) is 5.46. The number of carbonyl (C=O) groups excluding carboxylic acids is 1. The van der Waals surface area contributed by atoms with E-state index in [4.69, 9.17) is 9.97 Å². The molecule has 2 aromatic heterocycles. The highest BCUT2D eigenvalue weighted by Crippen LogP contribution is 2.27. The van der Waals surface area contributed by atoms with Crippen LogP contribution in [-0.4, -0.2) is 63.9 Å². The molecule has 3 rings (SSSR count). The topological polar surface area (TPSA) is 74.2 Å². The highest BCUT2D eigenvalue weighted by atomic mass is 16.2. The fourth-order valence-electron chi connectivity index (χ4n) is 3.28. The van der Waals surface area contributed by atoms with Gasteiger partial charge in [0.15, 0.2) is 5.82 Å². The lowest BCUT2D eigenvalue weighted by Crippen LogP contribution is -2.36. The first-order valence-electron chi connectivity index (χ1n) is 8.91. The molecular formula is C19H26N6O. The zero-order valence-electron chi connectivity index (χ0n) is 15.9. The van der Waals surface area contributed by atoms with Gasteiger partial charge in [-0.2, -0.15) is 0 Å². The molecule has 0 aromatic carbocycles. The first-order valence-corrected chi connectivity index (χ1v) is 8.91. The molecule has 0 radical (unpaired) electrons. The summed E-state index contributed by atoms with van der Waals surface area (Å²) in [7, 11) is 4.11. The maximum Gasteiger partial charge on any atom is 0.219 e. The molecule has 2 aromatic rings. The molecule has 7 nitrogen and oxygen atoms in total. The van der Waals surface area contributed by atoms with Crippen LogP contribution in [0, 0.1) is 0 Å². The van der Waals surface area contributed by atoms with E-state index in [9.17, 15) is 4.79 Å². The molecule has 0 fully saturated rings. The summed E-state index contributed by atoms with van der Waals surface area (Å²) in [5.41, 5.74) is 2.96. The van der Waals surface area contributed by atoms with E-state index >= 15 is 0 Å². The van der Waals surface area contributed by atoms with Crippen molar-refractivity contribution < 1.29 is 4.79 Å². The Balaban J connectivity index is 1.99. The van der Waals surface area contributed by atoms with Crippen molar-refractivity contribution in [2.45, 2.75) is 32.9 Å². The highest BCUT2D eigenvalue weighted by Gasteiger charge is 2.24. The fourth-order valence-corrected chi connectivity index (χ4v) is 3.28. The van der Waals surface area contributed by atoms with Crippen LogP contribution in [0.2, 0.25) is 0 Å². The van der Waals surface area contributed by atoms with Crippen molar-refractivity contribution >= 4 is 11.7 Å². The van der Waals surface area contributed by atoms with Gasteiger partial charge in [0.2, 0.25) is 5.91 Å². The summed E-state index contributed by atoms with van der Waals surface area (Å²) in [6.07, 6.45) is 4.24. The summed E-state index contributed by atoms with van der Waals surface area (Å²) in [5.74, 6) is 1.62. The SMILES string of the molecule is CC(=O)N1CCc2c(nc(-c3ccncc3)nc2N[C@@H](C)CN(C)C)C1. The van der Waals surface area contributed by atoms with E-state index in [1.165, 1.54) is 0 Å². The minimum absolute atomic E-state index is 0.0789. The lowest BCUT2D eigenvalue weighted by atomic mass is 10.0. The smallest absolute Gasteiger partial charge is 0.219 e. The number of hydrogen-bond donors (Lipinski definition) is 1. The molecule has 0 bridgehead atoms. The number of hydrogen-bond acceptors (Lipinski definition) is 6. The highest BCUT2D eigenvalue weighted by molar-refractivity contribution is 5.74. The van der Waals surface area contributed by atoms with Crippen LogP contribution in [0.4, 0.5) is 5.82 Å². The first-order chi connectivity index (χ1) is 12.4. The number of fused-ring (bicyclic) bond motifs is 1. The van der Waals surface area contributed by atoms with Crippen LogP contribution in [0.3, 0.4) is 0 Å². The number of nitrogens with one attached hydrogen (secondary N) is 1. The quantitative estimate of drug-likeness (QED) is 0.883. The van der Waals surface area contributed by atoms with Crippen LogP contribution in [0.1, 0.15) is 25.1 Å². The van der Waals surface area contributed by atoms with Crippen LogP contribution in [0.5, 0.6) is 0 Å². The molecule has 1 aliphatic rings.